The second kappa shape index (κ2) is 4.62. The predicted molar refractivity (Wildman–Crippen MR) is 86.9 cm³/mol. The van der Waals surface area contributed by atoms with E-state index in [0.29, 0.717) is 24.2 Å². The molecule has 0 bridgehead atoms. The highest BCUT2D eigenvalue weighted by molar-refractivity contribution is 5.70. The van der Waals surface area contributed by atoms with Crippen LogP contribution < -0.4 is 0 Å². The molecule has 2 aliphatic rings. The first-order chi connectivity index (χ1) is 12.4. The Kier molecular flexibility index (Phi) is 2.41. The lowest BCUT2D eigenvalue weighted by Gasteiger charge is -2.07. The smallest absolute Gasteiger partial charge is 0.230 e. The summed E-state index contributed by atoms with van der Waals surface area (Å²) in [6.45, 7) is 0.548. The normalized spacial score (nSPS) is 15.4. The van der Waals surface area contributed by atoms with Crippen molar-refractivity contribution < 1.29 is 4.52 Å². The number of hydrogen-bond donors (Lipinski definition) is 0. The molecule has 0 N–H and O–H groups in total. The summed E-state index contributed by atoms with van der Waals surface area (Å²) in [5, 5.41) is 8.52. The van der Waals surface area contributed by atoms with E-state index >= 15 is 0 Å². The molecule has 8 nitrogen and oxygen atoms in total. The summed E-state index contributed by atoms with van der Waals surface area (Å²) >= 11 is 0. The number of nitrogens with zero attached hydrogens (tertiary/aromatic N) is 7. The van der Waals surface area contributed by atoms with Gasteiger partial charge in [-0.1, -0.05) is 17.3 Å². The second-order valence-electron chi connectivity index (χ2n) is 6.40. The maximum absolute atomic E-state index is 5.41. The molecule has 1 aliphatic carbocycles. The molecule has 0 saturated heterocycles. The summed E-state index contributed by atoms with van der Waals surface area (Å²) in [6, 6.07) is 8.11. The highest BCUT2D eigenvalue weighted by atomic mass is 16.5. The third-order valence-electron chi connectivity index (χ3n) is 4.77. The first kappa shape index (κ1) is 13.1. The van der Waals surface area contributed by atoms with Gasteiger partial charge in [-0.25, -0.2) is 14.6 Å². The van der Waals surface area contributed by atoms with Gasteiger partial charge in [-0.2, -0.15) is 10.1 Å². The molecule has 8 heteroatoms. The molecule has 3 aromatic heterocycles. The summed E-state index contributed by atoms with van der Waals surface area (Å²) < 4.78 is 9.36. The summed E-state index contributed by atoms with van der Waals surface area (Å²) in [5.41, 5.74) is 3.75. The van der Waals surface area contributed by atoms with E-state index in [9.17, 15) is 0 Å². The number of imidazole rings is 1. The third kappa shape index (κ3) is 1.84. The zero-order valence-corrected chi connectivity index (χ0v) is 13.2. The van der Waals surface area contributed by atoms with Gasteiger partial charge in [0.25, 0.3) is 0 Å². The van der Waals surface area contributed by atoms with Gasteiger partial charge in [0.2, 0.25) is 11.7 Å². The Morgan fingerprint density at radius 2 is 2.04 bits per heavy atom. The highest BCUT2D eigenvalue weighted by Crippen LogP contribution is 2.40. The Bertz CT molecular complexity index is 1100. The number of hydrogen-bond acceptors (Lipinski definition) is 6. The number of para-hydroxylation sites is 1. The van der Waals surface area contributed by atoms with Crippen LogP contribution in [0.2, 0.25) is 0 Å². The van der Waals surface area contributed by atoms with E-state index in [-0.39, 0.29) is 0 Å². The molecule has 122 valence electrons. The van der Waals surface area contributed by atoms with Crippen LogP contribution in [0.25, 0.3) is 28.6 Å². The van der Waals surface area contributed by atoms with Crippen molar-refractivity contribution >= 4 is 0 Å². The van der Waals surface area contributed by atoms with Crippen LogP contribution in [-0.2, 0) is 6.54 Å². The van der Waals surface area contributed by atoms with Gasteiger partial charge < -0.3 is 4.52 Å². The standard InChI is InChI=1S/C17H13N7O/c1-2-4-12-11(3-1)16-18-8-20-24(16)7-13-14(19-9-23(12)13)15-21-17(25-22-15)10-5-6-10/h1-4,8-10H,5-7H2. The molecule has 0 radical (unpaired) electrons. The maximum atomic E-state index is 5.41. The Balaban J connectivity index is 1.57. The van der Waals surface area contributed by atoms with E-state index in [2.05, 4.69) is 35.8 Å². The first-order valence-electron chi connectivity index (χ1n) is 8.26. The average Bonchev–Trinajstić information content (AvgIpc) is 3.07. The number of rotatable bonds is 2. The zero-order chi connectivity index (χ0) is 16.4. The fraction of sp³-hybridized carbons (Fsp3) is 0.235. The Hall–Kier alpha value is -3.29. The maximum Gasteiger partial charge on any atom is 0.230 e. The van der Waals surface area contributed by atoms with Crippen LogP contribution >= 0.6 is 0 Å². The lowest BCUT2D eigenvalue weighted by molar-refractivity contribution is 0.380. The van der Waals surface area contributed by atoms with Gasteiger partial charge >= 0.3 is 0 Å². The molecule has 1 aromatic carbocycles. The Morgan fingerprint density at radius 1 is 1.12 bits per heavy atom. The quantitative estimate of drug-likeness (QED) is 0.494. The Morgan fingerprint density at radius 3 is 2.96 bits per heavy atom. The van der Waals surface area contributed by atoms with Crippen molar-refractivity contribution in [3.63, 3.8) is 0 Å². The van der Waals surface area contributed by atoms with Crippen molar-refractivity contribution in [3.05, 3.63) is 48.5 Å². The second-order valence-corrected chi connectivity index (χ2v) is 6.40. The average molecular weight is 331 g/mol. The molecule has 1 aliphatic heterocycles. The summed E-state index contributed by atoms with van der Waals surface area (Å²) in [6.07, 6.45) is 5.64. The topological polar surface area (TPSA) is 87.4 Å². The van der Waals surface area contributed by atoms with Crippen molar-refractivity contribution in [2.45, 2.75) is 25.3 Å². The zero-order valence-electron chi connectivity index (χ0n) is 13.2. The lowest BCUT2D eigenvalue weighted by atomic mass is 10.1. The van der Waals surface area contributed by atoms with Crippen LogP contribution in [0.5, 0.6) is 0 Å². The van der Waals surface area contributed by atoms with E-state index in [1.54, 1.807) is 6.33 Å². The molecular formula is C17H13N7O. The van der Waals surface area contributed by atoms with Crippen LogP contribution in [0.3, 0.4) is 0 Å². The lowest BCUT2D eigenvalue weighted by Crippen LogP contribution is -2.05. The van der Waals surface area contributed by atoms with Gasteiger partial charge in [-0.3, -0.25) is 4.57 Å². The minimum Gasteiger partial charge on any atom is -0.339 e. The van der Waals surface area contributed by atoms with Gasteiger partial charge in [0.15, 0.2) is 5.82 Å². The van der Waals surface area contributed by atoms with E-state index in [0.717, 1.165) is 41.3 Å². The van der Waals surface area contributed by atoms with Crippen molar-refractivity contribution in [1.29, 1.82) is 0 Å². The van der Waals surface area contributed by atoms with Gasteiger partial charge in [0.1, 0.15) is 18.3 Å². The summed E-state index contributed by atoms with van der Waals surface area (Å²) in [4.78, 5) is 13.6. The van der Waals surface area contributed by atoms with E-state index in [4.69, 9.17) is 4.52 Å². The Labute approximate surface area is 142 Å². The van der Waals surface area contributed by atoms with Gasteiger partial charge in [-0.05, 0) is 25.0 Å². The molecule has 1 saturated carbocycles. The molecule has 1 fully saturated rings. The molecule has 0 atom stereocenters. The summed E-state index contributed by atoms with van der Waals surface area (Å²) in [5.74, 6) is 2.52. The van der Waals surface area contributed by atoms with Crippen LogP contribution in [-0.4, -0.2) is 34.5 Å². The fourth-order valence-electron chi connectivity index (χ4n) is 3.35. The van der Waals surface area contributed by atoms with E-state index < -0.39 is 0 Å². The number of benzene rings is 1. The van der Waals surface area contributed by atoms with Crippen molar-refractivity contribution in [2.75, 3.05) is 0 Å². The van der Waals surface area contributed by atoms with Gasteiger partial charge in [-0.15, -0.1) is 0 Å². The highest BCUT2D eigenvalue weighted by Gasteiger charge is 2.31. The SMILES string of the molecule is c1ccc2c(c1)-c1ncnn1Cc1c(-c3noc(C4CC4)n3)ncn1-2. The van der Waals surface area contributed by atoms with E-state index in [1.807, 2.05) is 29.2 Å². The minimum atomic E-state index is 0.421. The van der Waals surface area contributed by atoms with Crippen LogP contribution in [0.15, 0.2) is 41.4 Å². The van der Waals surface area contributed by atoms with Crippen molar-refractivity contribution in [2.24, 2.45) is 0 Å². The molecular weight excluding hydrogens is 318 g/mol. The van der Waals surface area contributed by atoms with Gasteiger partial charge in [0.05, 0.1) is 17.9 Å². The number of fused-ring (bicyclic) bond motifs is 5. The minimum absolute atomic E-state index is 0.421. The van der Waals surface area contributed by atoms with Crippen molar-refractivity contribution in [1.82, 2.24) is 34.5 Å². The van der Waals surface area contributed by atoms with E-state index in [1.165, 1.54) is 0 Å². The monoisotopic (exact) mass is 331 g/mol. The molecule has 4 heterocycles. The molecule has 0 unspecified atom stereocenters. The molecule has 0 spiro atoms. The third-order valence-corrected chi connectivity index (χ3v) is 4.77. The molecule has 6 rings (SSSR count). The molecule has 4 aromatic rings. The molecule has 0 amide bonds. The van der Waals surface area contributed by atoms with Crippen LogP contribution in [0.4, 0.5) is 0 Å². The van der Waals surface area contributed by atoms with Gasteiger partial charge in [0, 0.05) is 11.5 Å². The predicted octanol–water partition coefficient (Wildman–Crippen LogP) is 2.42. The van der Waals surface area contributed by atoms with Crippen LogP contribution in [0.1, 0.15) is 30.3 Å². The van der Waals surface area contributed by atoms with Crippen LogP contribution in [0, 0.1) is 0 Å². The number of aromatic nitrogens is 7. The summed E-state index contributed by atoms with van der Waals surface area (Å²) in [7, 11) is 0. The first-order valence-corrected chi connectivity index (χ1v) is 8.26. The fourth-order valence-corrected chi connectivity index (χ4v) is 3.35. The van der Waals surface area contributed by atoms with Crippen molar-refractivity contribution in [3.8, 4) is 28.6 Å². The largest absolute Gasteiger partial charge is 0.339 e. The molecule has 25 heavy (non-hydrogen) atoms.